The van der Waals surface area contributed by atoms with E-state index in [9.17, 15) is 14.4 Å². The molecule has 0 saturated heterocycles. The van der Waals surface area contributed by atoms with Crippen LogP contribution in [-0.4, -0.2) is 17.3 Å². The van der Waals surface area contributed by atoms with Gasteiger partial charge in [0.25, 0.3) is 0 Å². The highest BCUT2D eigenvalue weighted by atomic mass is 16.1. The molecule has 0 aliphatic heterocycles. The Hall–Kier alpha value is -0.990. The first-order valence-corrected chi connectivity index (χ1v) is 11.7. The molecule has 4 rings (SSSR count). The minimum atomic E-state index is 0.187. The van der Waals surface area contributed by atoms with E-state index in [-0.39, 0.29) is 16.7 Å². The van der Waals surface area contributed by atoms with Gasteiger partial charge in [-0.05, 0) is 85.9 Å². The van der Waals surface area contributed by atoms with Crippen LogP contribution in [0.25, 0.3) is 0 Å². The Kier molecular flexibility index (Phi) is 5.11. The van der Waals surface area contributed by atoms with E-state index < -0.39 is 0 Å². The van der Waals surface area contributed by atoms with Crippen LogP contribution in [0.4, 0.5) is 0 Å². The molecule has 156 valence electrons. The SMILES string of the molecule is CC(=O)CC[C@@H](C)[C@H]1CCC2C3C(=O)CC4CC(=O)CC[C@]4(C)C3CC[C@@]21C. The fraction of sp³-hybridized carbons (Fsp3) is 0.880. The van der Waals surface area contributed by atoms with Crippen LogP contribution in [0, 0.1) is 46.3 Å². The van der Waals surface area contributed by atoms with Gasteiger partial charge in [0.05, 0.1) is 0 Å². The van der Waals surface area contributed by atoms with E-state index >= 15 is 0 Å². The predicted molar refractivity (Wildman–Crippen MR) is 110 cm³/mol. The topological polar surface area (TPSA) is 51.2 Å². The summed E-state index contributed by atoms with van der Waals surface area (Å²) in [5.74, 6) is 3.84. The normalized spacial score (nSPS) is 46.5. The van der Waals surface area contributed by atoms with Gasteiger partial charge in [-0.25, -0.2) is 0 Å². The van der Waals surface area contributed by atoms with Crippen molar-refractivity contribution in [3.63, 3.8) is 0 Å². The average Bonchev–Trinajstić information content (AvgIpc) is 2.98. The molecular weight excluding hydrogens is 348 g/mol. The highest BCUT2D eigenvalue weighted by Crippen LogP contribution is 2.67. The summed E-state index contributed by atoms with van der Waals surface area (Å²) in [5, 5.41) is 0. The zero-order valence-corrected chi connectivity index (χ0v) is 18.3. The Morgan fingerprint density at radius 2 is 1.75 bits per heavy atom. The maximum Gasteiger partial charge on any atom is 0.136 e. The summed E-state index contributed by atoms with van der Waals surface area (Å²) in [6.07, 6.45) is 9.44. The van der Waals surface area contributed by atoms with Crippen molar-refractivity contribution >= 4 is 17.3 Å². The Bertz CT molecular complexity index is 681. The molecule has 0 heterocycles. The smallest absolute Gasteiger partial charge is 0.136 e. The second kappa shape index (κ2) is 7.06. The number of hydrogen-bond acceptors (Lipinski definition) is 3. The molecule has 0 spiro atoms. The molecule has 0 aromatic carbocycles. The monoisotopic (exact) mass is 386 g/mol. The third-order valence-electron chi connectivity index (χ3n) is 10.00. The van der Waals surface area contributed by atoms with Crippen LogP contribution in [0.5, 0.6) is 0 Å². The first-order valence-electron chi connectivity index (χ1n) is 11.7. The standard InChI is InChI=1S/C25H38O3/c1-15(5-6-16(2)26)19-7-8-20-23-21(10-12-25(19,20)4)24(3)11-9-18(27)13-17(24)14-22(23)28/h15,17,19-21,23H,5-14H2,1-4H3/t15-,17?,19-,20?,21?,23?,24+,25-/m1/s1. The average molecular weight is 387 g/mol. The van der Waals surface area contributed by atoms with Crippen LogP contribution in [-0.2, 0) is 14.4 Å². The molecule has 8 atom stereocenters. The van der Waals surface area contributed by atoms with Crippen molar-refractivity contribution in [2.45, 2.75) is 91.9 Å². The molecule has 0 amide bonds. The maximum atomic E-state index is 13.4. The fourth-order valence-corrected chi connectivity index (χ4v) is 8.33. The largest absolute Gasteiger partial charge is 0.300 e. The van der Waals surface area contributed by atoms with Gasteiger partial charge in [0.2, 0.25) is 0 Å². The van der Waals surface area contributed by atoms with Crippen molar-refractivity contribution < 1.29 is 14.4 Å². The number of hydrogen-bond donors (Lipinski definition) is 0. The molecule has 0 N–H and O–H groups in total. The number of rotatable bonds is 4. The van der Waals surface area contributed by atoms with E-state index in [0.29, 0.717) is 66.2 Å². The quantitative estimate of drug-likeness (QED) is 0.650. The highest BCUT2D eigenvalue weighted by Gasteiger charge is 2.63. The maximum absolute atomic E-state index is 13.4. The molecule has 28 heavy (non-hydrogen) atoms. The summed E-state index contributed by atoms with van der Waals surface area (Å²) in [5.41, 5.74) is 0.437. The lowest BCUT2D eigenvalue weighted by Crippen LogP contribution is -2.57. The molecule has 4 aliphatic rings. The molecule has 3 nitrogen and oxygen atoms in total. The van der Waals surface area contributed by atoms with Crippen LogP contribution in [0.2, 0.25) is 0 Å². The summed E-state index contributed by atoms with van der Waals surface area (Å²) in [4.78, 5) is 36.9. The molecular formula is C25H38O3. The van der Waals surface area contributed by atoms with Crippen LogP contribution in [0.15, 0.2) is 0 Å². The molecule has 0 bridgehead atoms. The lowest BCUT2D eigenvalue weighted by molar-refractivity contribution is -0.159. The van der Waals surface area contributed by atoms with Crippen LogP contribution >= 0.6 is 0 Å². The minimum absolute atomic E-state index is 0.187. The number of fused-ring (bicyclic) bond motifs is 5. The predicted octanol–water partition coefficient (Wildman–Crippen LogP) is 5.40. The third kappa shape index (κ3) is 3.03. The van der Waals surface area contributed by atoms with Crippen molar-refractivity contribution in [1.82, 2.24) is 0 Å². The first-order chi connectivity index (χ1) is 13.2. The third-order valence-corrected chi connectivity index (χ3v) is 10.00. The Labute approximate surface area is 170 Å². The number of carbonyl (C=O) groups is 3. The van der Waals surface area contributed by atoms with E-state index in [0.717, 1.165) is 25.7 Å². The summed E-state index contributed by atoms with van der Waals surface area (Å²) < 4.78 is 0. The van der Waals surface area contributed by atoms with Crippen molar-refractivity contribution in [2.24, 2.45) is 46.3 Å². The Morgan fingerprint density at radius 3 is 2.46 bits per heavy atom. The zero-order valence-electron chi connectivity index (χ0n) is 18.3. The van der Waals surface area contributed by atoms with Crippen LogP contribution < -0.4 is 0 Å². The number of Topliss-reactive ketones (excluding diaryl/α,β-unsaturated/α-hetero) is 3. The molecule has 0 radical (unpaired) electrons. The number of carbonyl (C=O) groups excluding carboxylic acids is 3. The van der Waals surface area contributed by atoms with Gasteiger partial charge in [-0.1, -0.05) is 20.8 Å². The number of ketones is 3. The van der Waals surface area contributed by atoms with Crippen LogP contribution in [0.3, 0.4) is 0 Å². The molecule has 3 heteroatoms. The summed E-state index contributed by atoms with van der Waals surface area (Å²) in [6, 6.07) is 0. The highest BCUT2D eigenvalue weighted by molar-refractivity contribution is 5.86. The van der Waals surface area contributed by atoms with Gasteiger partial charge >= 0.3 is 0 Å². The fourth-order valence-electron chi connectivity index (χ4n) is 8.33. The van der Waals surface area contributed by atoms with E-state index in [2.05, 4.69) is 20.8 Å². The molecule has 4 fully saturated rings. The van der Waals surface area contributed by atoms with Crippen molar-refractivity contribution in [3.8, 4) is 0 Å². The Morgan fingerprint density at radius 1 is 1.04 bits per heavy atom. The molecule has 0 aromatic heterocycles. The van der Waals surface area contributed by atoms with E-state index in [4.69, 9.17) is 0 Å². The van der Waals surface area contributed by atoms with Gasteiger partial charge in [-0.2, -0.15) is 0 Å². The summed E-state index contributed by atoms with van der Waals surface area (Å²) in [6.45, 7) is 8.89. The van der Waals surface area contributed by atoms with Crippen LogP contribution in [0.1, 0.15) is 91.9 Å². The zero-order chi connectivity index (χ0) is 20.3. The molecule has 0 aromatic rings. The minimum Gasteiger partial charge on any atom is -0.300 e. The summed E-state index contributed by atoms with van der Waals surface area (Å²) in [7, 11) is 0. The second-order valence-corrected chi connectivity index (χ2v) is 11.3. The van der Waals surface area contributed by atoms with Gasteiger partial charge in [0.15, 0.2) is 0 Å². The van der Waals surface area contributed by atoms with Gasteiger partial charge in [0, 0.05) is 31.6 Å². The van der Waals surface area contributed by atoms with Gasteiger partial charge < -0.3 is 4.79 Å². The first kappa shape index (κ1) is 20.3. The van der Waals surface area contributed by atoms with Gasteiger partial charge in [-0.3, -0.25) is 9.59 Å². The summed E-state index contributed by atoms with van der Waals surface area (Å²) >= 11 is 0. The van der Waals surface area contributed by atoms with E-state index in [1.54, 1.807) is 6.92 Å². The van der Waals surface area contributed by atoms with Gasteiger partial charge in [0.1, 0.15) is 17.3 Å². The van der Waals surface area contributed by atoms with E-state index in [1.165, 1.54) is 19.3 Å². The molecule has 4 saturated carbocycles. The Balaban J connectivity index is 1.57. The van der Waals surface area contributed by atoms with E-state index in [1.807, 2.05) is 0 Å². The molecule has 4 unspecified atom stereocenters. The van der Waals surface area contributed by atoms with Crippen molar-refractivity contribution in [1.29, 1.82) is 0 Å². The lowest BCUT2D eigenvalue weighted by atomic mass is 9.44. The van der Waals surface area contributed by atoms with Gasteiger partial charge in [-0.15, -0.1) is 0 Å². The van der Waals surface area contributed by atoms with Crippen molar-refractivity contribution in [3.05, 3.63) is 0 Å². The second-order valence-electron chi connectivity index (χ2n) is 11.3. The van der Waals surface area contributed by atoms with Crippen molar-refractivity contribution in [2.75, 3.05) is 0 Å². The molecule has 4 aliphatic carbocycles. The lowest BCUT2D eigenvalue weighted by Gasteiger charge is -2.59.